The normalized spacial score (nSPS) is 23.6. The number of nitrogens with one attached hydrogen (secondary N) is 1. The Bertz CT molecular complexity index is 406. The van der Waals surface area contributed by atoms with E-state index in [1.807, 2.05) is 23.3 Å². The maximum Gasteiger partial charge on any atom is 0.241 e. The van der Waals surface area contributed by atoms with Gasteiger partial charge >= 0.3 is 0 Å². The highest BCUT2D eigenvalue weighted by Gasteiger charge is 2.40. The van der Waals surface area contributed by atoms with Crippen LogP contribution in [0.3, 0.4) is 0 Å². The summed E-state index contributed by atoms with van der Waals surface area (Å²) >= 11 is 1.68. The highest BCUT2D eigenvalue weighted by Crippen LogP contribution is 2.30. The molecular weight excluding hydrogens is 260 g/mol. The Hall–Kier alpha value is -0.910. The summed E-state index contributed by atoms with van der Waals surface area (Å²) in [6.07, 6.45) is 0.000330. The zero-order chi connectivity index (χ0) is 13.8. The van der Waals surface area contributed by atoms with Crippen molar-refractivity contribution in [2.75, 3.05) is 19.8 Å². The molecule has 2 atom stereocenters. The van der Waals surface area contributed by atoms with Gasteiger partial charge in [-0.2, -0.15) is 0 Å². The molecule has 1 aliphatic rings. The third kappa shape index (κ3) is 3.16. The fourth-order valence-electron chi connectivity index (χ4n) is 2.34. The molecule has 2 unspecified atom stereocenters. The van der Waals surface area contributed by atoms with Crippen LogP contribution in [0, 0.1) is 5.92 Å². The van der Waals surface area contributed by atoms with Crippen molar-refractivity contribution in [3.63, 3.8) is 0 Å². The molecule has 2 rings (SSSR count). The monoisotopic (exact) mass is 282 g/mol. The van der Waals surface area contributed by atoms with Crippen LogP contribution in [0.25, 0.3) is 0 Å². The Kier molecular flexibility index (Phi) is 4.96. The molecule has 5 heteroatoms. The smallest absolute Gasteiger partial charge is 0.241 e. The van der Waals surface area contributed by atoms with E-state index in [0.29, 0.717) is 25.7 Å². The molecule has 0 aromatic carbocycles. The van der Waals surface area contributed by atoms with Crippen molar-refractivity contribution in [3.8, 4) is 0 Å². The van der Waals surface area contributed by atoms with Gasteiger partial charge < -0.3 is 9.64 Å². The minimum Gasteiger partial charge on any atom is -0.380 e. The van der Waals surface area contributed by atoms with Crippen molar-refractivity contribution >= 4 is 17.2 Å². The molecule has 2 heterocycles. The van der Waals surface area contributed by atoms with Gasteiger partial charge in [-0.25, -0.2) is 0 Å². The molecule has 0 radical (unpaired) electrons. The standard InChI is InChI=1S/C14H22N2O2S/c1-4-18-8-7-16-13(11-6-5-9-19-11)15-12(10(2)3)14(16)17/h5-6,9-10,12-13,15H,4,7-8H2,1-3H3. The first-order valence-corrected chi connectivity index (χ1v) is 7.70. The molecular formula is C14H22N2O2S. The Balaban J connectivity index is 2.12. The summed E-state index contributed by atoms with van der Waals surface area (Å²) in [4.78, 5) is 15.6. The van der Waals surface area contributed by atoms with E-state index < -0.39 is 0 Å². The summed E-state index contributed by atoms with van der Waals surface area (Å²) in [6.45, 7) is 8.05. The SMILES string of the molecule is CCOCCN1C(=O)C(C(C)C)NC1c1cccs1. The third-order valence-corrected chi connectivity index (χ3v) is 4.28. The van der Waals surface area contributed by atoms with E-state index in [0.717, 1.165) is 0 Å². The predicted molar refractivity (Wildman–Crippen MR) is 77.0 cm³/mol. The van der Waals surface area contributed by atoms with Crippen molar-refractivity contribution in [2.24, 2.45) is 5.92 Å². The summed E-state index contributed by atoms with van der Waals surface area (Å²) in [6, 6.07) is 4.01. The van der Waals surface area contributed by atoms with Gasteiger partial charge in [0, 0.05) is 18.0 Å². The van der Waals surface area contributed by atoms with Crippen molar-refractivity contribution in [1.29, 1.82) is 0 Å². The lowest BCUT2D eigenvalue weighted by molar-refractivity contribution is -0.131. The van der Waals surface area contributed by atoms with Crippen LogP contribution in [-0.2, 0) is 9.53 Å². The maximum atomic E-state index is 12.5. The van der Waals surface area contributed by atoms with Gasteiger partial charge in [-0.15, -0.1) is 11.3 Å². The van der Waals surface area contributed by atoms with E-state index in [2.05, 4.69) is 25.2 Å². The van der Waals surface area contributed by atoms with E-state index in [4.69, 9.17) is 4.74 Å². The highest BCUT2D eigenvalue weighted by molar-refractivity contribution is 7.10. The third-order valence-electron chi connectivity index (χ3n) is 3.36. The molecule has 0 spiro atoms. The van der Waals surface area contributed by atoms with E-state index in [1.165, 1.54) is 4.88 Å². The molecule has 1 aromatic rings. The van der Waals surface area contributed by atoms with E-state index in [-0.39, 0.29) is 18.1 Å². The zero-order valence-corrected chi connectivity index (χ0v) is 12.6. The van der Waals surface area contributed by atoms with Gasteiger partial charge in [0.15, 0.2) is 0 Å². The molecule has 106 valence electrons. The average Bonchev–Trinajstić information content (AvgIpc) is 2.98. The van der Waals surface area contributed by atoms with Crippen LogP contribution in [0.1, 0.15) is 31.8 Å². The Morgan fingerprint density at radius 1 is 1.53 bits per heavy atom. The van der Waals surface area contributed by atoms with E-state index >= 15 is 0 Å². The van der Waals surface area contributed by atoms with Crippen molar-refractivity contribution in [3.05, 3.63) is 22.4 Å². The lowest BCUT2D eigenvalue weighted by Crippen LogP contribution is -2.35. The molecule has 0 bridgehead atoms. The quantitative estimate of drug-likeness (QED) is 0.814. The lowest BCUT2D eigenvalue weighted by atomic mass is 10.1. The van der Waals surface area contributed by atoms with Crippen molar-refractivity contribution in [1.82, 2.24) is 10.2 Å². The second kappa shape index (κ2) is 6.50. The van der Waals surface area contributed by atoms with Crippen LogP contribution in [0.2, 0.25) is 0 Å². The number of amides is 1. The molecule has 1 aliphatic heterocycles. The van der Waals surface area contributed by atoms with E-state index in [9.17, 15) is 4.79 Å². The summed E-state index contributed by atoms with van der Waals surface area (Å²) in [7, 11) is 0. The van der Waals surface area contributed by atoms with Gasteiger partial charge in [0.1, 0.15) is 6.17 Å². The van der Waals surface area contributed by atoms with Gasteiger partial charge in [0.25, 0.3) is 0 Å². The Morgan fingerprint density at radius 2 is 2.32 bits per heavy atom. The Labute approximate surface area is 118 Å². The van der Waals surface area contributed by atoms with Crippen LogP contribution in [0.4, 0.5) is 0 Å². The number of ether oxygens (including phenoxy) is 1. The van der Waals surface area contributed by atoms with Gasteiger partial charge in [-0.3, -0.25) is 10.1 Å². The number of carbonyl (C=O) groups is 1. The maximum absolute atomic E-state index is 12.5. The average molecular weight is 282 g/mol. The van der Waals surface area contributed by atoms with Crippen molar-refractivity contribution in [2.45, 2.75) is 33.0 Å². The molecule has 4 nitrogen and oxygen atoms in total. The van der Waals surface area contributed by atoms with Crippen LogP contribution >= 0.6 is 11.3 Å². The molecule has 1 amide bonds. The van der Waals surface area contributed by atoms with Gasteiger partial charge in [0.2, 0.25) is 5.91 Å². The Morgan fingerprint density at radius 3 is 2.89 bits per heavy atom. The number of thiophene rings is 1. The molecule has 1 N–H and O–H groups in total. The summed E-state index contributed by atoms with van der Waals surface area (Å²) in [5.41, 5.74) is 0. The molecule has 19 heavy (non-hydrogen) atoms. The van der Waals surface area contributed by atoms with Crippen LogP contribution < -0.4 is 5.32 Å². The minimum absolute atomic E-state index is 0.000330. The van der Waals surface area contributed by atoms with Gasteiger partial charge in [0.05, 0.1) is 12.6 Å². The fourth-order valence-corrected chi connectivity index (χ4v) is 3.14. The van der Waals surface area contributed by atoms with E-state index in [1.54, 1.807) is 11.3 Å². The number of nitrogens with zero attached hydrogens (tertiary/aromatic N) is 1. The second-order valence-electron chi connectivity index (χ2n) is 5.03. The molecule has 0 saturated carbocycles. The molecule has 1 saturated heterocycles. The molecule has 0 aliphatic carbocycles. The number of hydrogen-bond acceptors (Lipinski definition) is 4. The first kappa shape index (κ1) is 14.5. The minimum atomic E-state index is -0.0891. The van der Waals surface area contributed by atoms with Crippen LogP contribution in [0.15, 0.2) is 17.5 Å². The lowest BCUT2D eigenvalue weighted by Gasteiger charge is -2.23. The first-order valence-electron chi connectivity index (χ1n) is 6.82. The van der Waals surface area contributed by atoms with Gasteiger partial charge in [-0.1, -0.05) is 19.9 Å². The number of rotatable bonds is 6. The first-order chi connectivity index (χ1) is 9.15. The number of hydrogen-bond donors (Lipinski definition) is 1. The number of carbonyl (C=O) groups excluding carboxylic acids is 1. The van der Waals surface area contributed by atoms with Crippen LogP contribution in [0.5, 0.6) is 0 Å². The zero-order valence-electron chi connectivity index (χ0n) is 11.8. The molecule has 1 fully saturated rings. The fraction of sp³-hybridized carbons (Fsp3) is 0.643. The summed E-state index contributed by atoms with van der Waals surface area (Å²) in [5.74, 6) is 0.486. The largest absolute Gasteiger partial charge is 0.380 e. The highest BCUT2D eigenvalue weighted by atomic mass is 32.1. The predicted octanol–water partition coefficient (Wildman–Crippen LogP) is 2.24. The molecule has 1 aromatic heterocycles. The second-order valence-corrected chi connectivity index (χ2v) is 6.01. The summed E-state index contributed by atoms with van der Waals surface area (Å²) in [5, 5.41) is 5.50. The topological polar surface area (TPSA) is 41.6 Å². The van der Waals surface area contributed by atoms with Crippen molar-refractivity contribution < 1.29 is 9.53 Å². The van der Waals surface area contributed by atoms with Gasteiger partial charge in [-0.05, 0) is 24.3 Å². The van der Waals surface area contributed by atoms with Crippen LogP contribution in [-0.4, -0.2) is 36.6 Å². The summed E-state index contributed by atoms with van der Waals surface area (Å²) < 4.78 is 5.39.